The molecule has 0 spiro atoms. The number of nitrogens with zero attached hydrogens (tertiary/aromatic N) is 1. The standard InChI is InChI=1S/C8H14N2O3/c1-10-6(8(12)13-2)4-3-5(9)7(10)11/h5-6H,3-4,9H2,1-2H3. The predicted octanol–water partition coefficient (Wildman–Crippen LogP) is -0.892. The van der Waals surface area contributed by atoms with E-state index in [1.807, 2.05) is 0 Å². The third kappa shape index (κ3) is 1.80. The van der Waals surface area contributed by atoms with Crippen LogP contribution in [0.2, 0.25) is 0 Å². The number of likely N-dealkylation sites (tertiary alicyclic amines) is 1. The SMILES string of the molecule is COC(=O)C1CCC(N)C(=O)N1C. The van der Waals surface area contributed by atoms with Crippen LogP contribution in [-0.4, -0.2) is 43.0 Å². The molecular formula is C8H14N2O3. The van der Waals surface area contributed by atoms with E-state index in [9.17, 15) is 9.59 Å². The van der Waals surface area contributed by atoms with Gasteiger partial charge >= 0.3 is 5.97 Å². The molecule has 0 radical (unpaired) electrons. The van der Waals surface area contributed by atoms with Crippen LogP contribution in [0.3, 0.4) is 0 Å². The summed E-state index contributed by atoms with van der Waals surface area (Å²) in [4.78, 5) is 23.9. The van der Waals surface area contributed by atoms with Crippen LogP contribution in [0, 0.1) is 0 Å². The number of rotatable bonds is 1. The Morgan fingerprint density at radius 1 is 1.62 bits per heavy atom. The van der Waals surface area contributed by atoms with Gasteiger partial charge in [-0.05, 0) is 12.8 Å². The van der Waals surface area contributed by atoms with E-state index < -0.39 is 12.1 Å². The molecule has 0 saturated carbocycles. The van der Waals surface area contributed by atoms with Crippen LogP contribution in [0.15, 0.2) is 0 Å². The first kappa shape index (κ1) is 9.98. The molecule has 1 amide bonds. The Morgan fingerprint density at radius 2 is 2.23 bits per heavy atom. The number of ether oxygens (including phenoxy) is 1. The minimum absolute atomic E-state index is 0.193. The number of carbonyl (C=O) groups is 2. The van der Waals surface area contributed by atoms with Gasteiger partial charge in [-0.25, -0.2) is 4.79 Å². The maximum atomic E-state index is 11.3. The van der Waals surface area contributed by atoms with Crippen molar-refractivity contribution in [3.63, 3.8) is 0 Å². The maximum Gasteiger partial charge on any atom is 0.328 e. The summed E-state index contributed by atoms with van der Waals surface area (Å²) in [7, 11) is 2.89. The fourth-order valence-electron chi connectivity index (χ4n) is 1.48. The predicted molar refractivity (Wildman–Crippen MR) is 45.8 cm³/mol. The molecule has 5 nitrogen and oxygen atoms in total. The molecule has 1 aliphatic rings. The van der Waals surface area contributed by atoms with Crippen molar-refractivity contribution in [3.8, 4) is 0 Å². The molecule has 1 saturated heterocycles. The molecule has 74 valence electrons. The van der Waals surface area contributed by atoms with Gasteiger partial charge in [-0.1, -0.05) is 0 Å². The molecule has 0 aromatic rings. The molecular weight excluding hydrogens is 172 g/mol. The van der Waals surface area contributed by atoms with Gasteiger partial charge in [0.2, 0.25) is 5.91 Å². The van der Waals surface area contributed by atoms with Gasteiger partial charge in [-0.15, -0.1) is 0 Å². The molecule has 1 rings (SSSR count). The van der Waals surface area contributed by atoms with Gasteiger partial charge in [0.1, 0.15) is 6.04 Å². The summed E-state index contributed by atoms with van der Waals surface area (Å²) in [6.07, 6.45) is 1.12. The van der Waals surface area contributed by atoms with Gasteiger partial charge in [0.05, 0.1) is 13.2 Å². The summed E-state index contributed by atoms with van der Waals surface area (Å²) in [6.45, 7) is 0. The van der Waals surface area contributed by atoms with Crippen molar-refractivity contribution in [1.29, 1.82) is 0 Å². The van der Waals surface area contributed by atoms with E-state index in [1.54, 1.807) is 7.05 Å². The molecule has 0 aromatic carbocycles. The van der Waals surface area contributed by atoms with E-state index >= 15 is 0 Å². The molecule has 13 heavy (non-hydrogen) atoms. The van der Waals surface area contributed by atoms with E-state index in [1.165, 1.54) is 12.0 Å². The smallest absolute Gasteiger partial charge is 0.328 e. The van der Waals surface area contributed by atoms with E-state index in [0.717, 1.165) is 0 Å². The summed E-state index contributed by atoms with van der Waals surface area (Å²) in [5.41, 5.74) is 5.53. The third-order valence-electron chi connectivity index (χ3n) is 2.36. The van der Waals surface area contributed by atoms with Crippen molar-refractivity contribution in [3.05, 3.63) is 0 Å². The van der Waals surface area contributed by atoms with Crippen molar-refractivity contribution in [2.75, 3.05) is 14.2 Å². The minimum atomic E-state index is -0.467. The number of amides is 1. The Hall–Kier alpha value is -1.10. The van der Waals surface area contributed by atoms with Crippen LogP contribution < -0.4 is 5.73 Å². The number of methoxy groups -OCH3 is 1. The lowest BCUT2D eigenvalue weighted by Gasteiger charge is -2.33. The number of hydrogen-bond donors (Lipinski definition) is 1. The topological polar surface area (TPSA) is 72.6 Å². The highest BCUT2D eigenvalue weighted by Crippen LogP contribution is 2.16. The van der Waals surface area contributed by atoms with Crippen LogP contribution in [-0.2, 0) is 14.3 Å². The summed E-state index contributed by atoms with van der Waals surface area (Å²) >= 11 is 0. The molecule has 0 aromatic heterocycles. The number of nitrogens with two attached hydrogens (primary N) is 1. The zero-order valence-corrected chi connectivity index (χ0v) is 7.82. The molecule has 1 heterocycles. The van der Waals surface area contributed by atoms with Gasteiger partial charge < -0.3 is 15.4 Å². The normalized spacial score (nSPS) is 28.8. The van der Waals surface area contributed by atoms with Crippen molar-refractivity contribution >= 4 is 11.9 Å². The third-order valence-corrected chi connectivity index (χ3v) is 2.36. The average molecular weight is 186 g/mol. The second-order valence-corrected chi connectivity index (χ2v) is 3.17. The number of piperidine rings is 1. The molecule has 2 N–H and O–H groups in total. The van der Waals surface area contributed by atoms with Crippen molar-refractivity contribution < 1.29 is 14.3 Å². The quantitative estimate of drug-likeness (QED) is 0.539. The van der Waals surface area contributed by atoms with E-state index in [0.29, 0.717) is 12.8 Å². The monoisotopic (exact) mass is 186 g/mol. The van der Waals surface area contributed by atoms with Crippen LogP contribution in [0.1, 0.15) is 12.8 Å². The van der Waals surface area contributed by atoms with Crippen molar-refractivity contribution in [2.45, 2.75) is 24.9 Å². The summed E-state index contributed by atoms with van der Waals surface area (Å²) in [5, 5.41) is 0. The molecule has 1 aliphatic heterocycles. The Morgan fingerprint density at radius 3 is 2.77 bits per heavy atom. The summed E-state index contributed by atoms with van der Waals surface area (Å²) in [6, 6.07) is -0.928. The van der Waals surface area contributed by atoms with Gasteiger partial charge in [0.25, 0.3) is 0 Å². The first-order valence-corrected chi connectivity index (χ1v) is 4.18. The second-order valence-electron chi connectivity index (χ2n) is 3.17. The molecule has 1 fully saturated rings. The van der Waals surface area contributed by atoms with E-state index in [4.69, 9.17) is 5.73 Å². The summed E-state index contributed by atoms with van der Waals surface area (Å²) < 4.78 is 4.57. The lowest BCUT2D eigenvalue weighted by molar-refractivity contribution is -0.154. The minimum Gasteiger partial charge on any atom is -0.467 e. The molecule has 5 heteroatoms. The zero-order valence-electron chi connectivity index (χ0n) is 7.82. The maximum absolute atomic E-state index is 11.3. The highest BCUT2D eigenvalue weighted by molar-refractivity contribution is 5.88. The first-order valence-electron chi connectivity index (χ1n) is 4.18. The van der Waals surface area contributed by atoms with Gasteiger partial charge in [0.15, 0.2) is 0 Å². The Balaban J connectivity index is 2.69. The first-order chi connectivity index (χ1) is 6.07. The fraction of sp³-hybridized carbons (Fsp3) is 0.750. The van der Waals surface area contributed by atoms with Gasteiger partial charge in [-0.2, -0.15) is 0 Å². The second kappa shape index (κ2) is 3.74. The number of likely N-dealkylation sites (N-methyl/N-ethyl adjacent to an activating group) is 1. The highest BCUT2D eigenvalue weighted by Gasteiger charge is 2.35. The number of esters is 1. The largest absolute Gasteiger partial charge is 0.467 e. The van der Waals surface area contributed by atoms with Gasteiger partial charge in [-0.3, -0.25) is 4.79 Å². The van der Waals surface area contributed by atoms with Crippen LogP contribution in [0.5, 0.6) is 0 Å². The Labute approximate surface area is 76.8 Å². The van der Waals surface area contributed by atoms with Crippen molar-refractivity contribution in [1.82, 2.24) is 4.90 Å². The summed E-state index contributed by atoms with van der Waals surface area (Å²) in [5.74, 6) is -0.565. The molecule has 2 unspecified atom stereocenters. The van der Waals surface area contributed by atoms with Crippen molar-refractivity contribution in [2.24, 2.45) is 5.73 Å². The molecule has 0 bridgehead atoms. The number of carbonyl (C=O) groups excluding carboxylic acids is 2. The lowest BCUT2D eigenvalue weighted by Crippen LogP contribution is -2.54. The number of hydrogen-bond acceptors (Lipinski definition) is 4. The lowest BCUT2D eigenvalue weighted by atomic mass is 9.99. The van der Waals surface area contributed by atoms with E-state index in [2.05, 4.69) is 4.74 Å². The van der Waals surface area contributed by atoms with E-state index in [-0.39, 0.29) is 11.9 Å². The molecule has 2 atom stereocenters. The molecule has 0 aliphatic carbocycles. The van der Waals surface area contributed by atoms with Gasteiger partial charge in [0, 0.05) is 7.05 Å². The van der Waals surface area contributed by atoms with Crippen LogP contribution >= 0.6 is 0 Å². The van der Waals surface area contributed by atoms with Crippen LogP contribution in [0.25, 0.3) is 0 Å². The average Bonchev–Trinajstić information content (AvgIpc) is 2.13. The highest BCUT2D eigenvalue weighted by atomic mass is 16.5. The zero-order chi connectivity index (χ0) is 10.0. The van der Waals surface area contributed by atoms with Crippen LogP contribution in [0.4, 0.5) is 0 Å². The Kier molecular flexibility index (Phi) is 2.87. The Bertz CT molecular complexity index is 229. The fourth-order valence-corrected chi connectivity index (χ4v) is 1.48.